The lowest BCUT2D eigenvalue weighted by atomic mass is 9.91. The minimum Gasteiger partial charge on any atom is -0.341 e. The summed E-state index contributed by atoms with van der Waals surface area (Å²) in [6.45, 7) is 8.20. The van der Waals surface area contributed by atoms with Gasteiger partial charge in [-0.1, -0.05) is 40.0 Å². The largest absolute Gasteiger partial charge is 0.341 e. The summed E-state index contributed by atoms with van der Waals surface area (Å²) < 4.78 is 0. The van der Waals surface area contributed by atoms with Crippen LogP contribution in [0.1, 0.15) is 52.9 Å². The molecule has 3 heteroatoms. The molecule has 17 heavy (non-hydrogen) atoms. The van der Waals surface area contributed by atoms with Crippen molar-refractivity contribution in [3.8, 4) is 0 Å². The third kappa shape index (κ3) is 3.98. The highest BCUT2D eigenvalue weighted by Crippen LogP contribution is 2.22. The van der Waals surface area contributed by atoms with Crippen molar-refractivity contribution in [3.05, 3.63) is 0 Å². The van der Waals surface area contributed by atoms with Gasteiger partial charge in [-0.3, -0.25) is 4.79 Å². The zero-order valence-corrected chi connectivity index (χ0v) is 11.6. The van der Waals surface area contributed by atoms with E-state index in [9.17, 15) is 4.79 Å². The average molecular weight is 240 g/mol. The van der Waals surface area contributed by atoms with Crippen LogP contribution in [0.3, 0.4) is 0 Å². The summed E-state index contributed by atoms with van der Waals surface area (Å²) in [7, 11) is 0. The Morgan fingerprint density at radius 3 is 2.41 bits per heavy atom. The molecule has 1 aliphatic rings. The van der Waals surface area contributed by atoms with Crippen molar-refractivity contribution in [3.63, 3.8) is 0 Å². The Morgan fingerprint density at radius 2 is 1.94 bits per heavy atom. The average Bonchev–Trinajstić information content (AvgIpc) is 2.37. The number of hydrogen-bond acceptors (Lipinski definition) is 2. The predicted octanol–water partition coefficient (Wildman–Crippen LogP) is 2.40. The van der Waals surface area contributed by atoms with Gasteiger partial charge in [-0.15, -0.1) is 0 Å². The third-order valence-electron chi connectivity index (χ3n) is 4.17. The van der Waals surface area contributed by atoms with E-state index in [1.54, 1.807) is 0 Å². The molecule has 0 aromatic rings. The van der Waals surface area contributed by atoms with Crippen molar-refractivity contribution in [1.82, 2.24) is 4.90 Å². The SMILES string of the molecule is CCCC1CCN(C(=O)[C@@H](N)[C@@H](C)CC)CC1. The summed E-state index contributed by atoms with van der Waals surface area (Å²) in [5.41, 5.74) is 6.00. The molecule has 0 unspecified atom stereocenters. The number of amides is 1. The maximum Gasteiger partial charge on any atom is 0.239 e. The topological polar surface area (TPSA) is 46.3 Å². The van der Waals surface area contributed by atoms with Crippen molar-refractivity contribution in [2.24, 2.45) is 17.6 Å². The van der Waals surface area contributed by atoms with Crippen molar-refractivity contribution in [2.45, 2.75) is 58.9 Å². The van der Waals surface area contributed by atoms with E-state index < -0.39 is 0 Å². The lowest BCUT2D eigenvalue weighted by Gasteiger charge is -2.34. The van der Waals surface area contributed by atoms with Gasteiger partial charge in [0.2, 0.25) is 5.91 Å². The number of piperidine rings is 1. The second-order valence-electron chi connectivity index (χ2n) is 5.47. The number of carbonyl (C=O) groups excluding carboxylic acids is 1. The molecule has 100 valence electrons. The van der Waals surface area contributed by atoms with Crippen LogP contribution in [0, 0.1) is 11.8 Å². The van der Waals surface area contributed by atoms with Gasteiger partial charge in [0, 0.05) is 13.1 Å². The van der Waals surface area contributed by atoms with E-state index in [0.717, 1.165) is 38.3 Å². The molecule has 1 rings (SSSR count). The molecule has 1 saturated heterocycles. The normalized spacial score (nSPS) is 21.3. The van der Waals surface area contributed by atoms with Gasteiger partial charge in [-0.25, -0.2) is 0 Å². The lowest BCUT2D eigenvalue weighted by molar-refractivity contribution is -0.135. The molecule has 0 saturated carbocycles. The van der Waals surface area contributed by atoms with Crippen LogP contribution < -0.4 is 5.73 Å². The van der Waals surface area contributed by atoms with Crippen molar-refractivity contribution >= 4 is 5.91 Å². The molecule has 3 nitrogen and oxygen atoms in total. The van der Waals surface area contributed by atoms with E-state index in [0.29, 0.717) is 0 Å². The summed E-state index contributed by atoms with van der Waals surface area (Å²) >= 11 is 0. The molecule has 0 spiro atoms. The van der Waals surface area contributed by atoms with E-state index in [-0.39, 0.29) is 17.9 Å². The minimum atomic E-state index is -0.303. The fraction of sp³-hybridized carbons (Fsp3) is 0.929. The smallest absolute Gasteiger partial charge is 0.239 e. The van der Waals surface area contributed by atoms with Gasteiger partial charge in [0.1, 0.15) is 0 Å². The molecule has 0 aliphatic carbocycles. The molecule has 1 aliphatic heterocycles. The van der Waals surface area contributed by atoms with Crippen LogP contribution in [0.2, 0.25) is 0 Å². The molecule has 1 amide bonds. The van der Waals surface area contributed by atoms with Crippen molar-refractivity contribution < 1.29 is 4.79 Å². The Kier molecular flexibility index (Phi) is 5.96. The van der Waals surface area contributed by atoms with Crippen molar-refractivity contribution in [1.29, 1.82) is 0 Å². The van der Waals surface area contributed by atoms with E-state index >= 15 is 0 Å². The Morgan fingerprint density at radius 1 is 1.35 bits per heavy atom. The van der Waals surface area contributed by atoms with Gasteiger partial charge in [0.25, 0.3) is 0 Å². The molecule has 0 bridgehead atoms. The first-order chi connectivity index (χ1) is 8.10. The van der Waals surface area contributed by atoms with Gasteiger partial charge in [0.15, 0.2) is 0 Å². The third-order valence-corrected chi connectivity index (χ3v) is 4.17. The minimum absolute atomic E-state index is 0.161. The van der Waals surface area contributed by atoms with Gasteiger partial charge in [0.05, 0.1) is 6.04 Å². The number of carbonyl (C=O) groups is 1. The number of likely N-dealkylation sites (tertiary alicyclic amines) is 1. The number of hydrogen-bond donors (Lipinski definition) is 1. The first-order valence-electron chi connectivity index (χ1n) is 7.14. The van der Waals surface area contributed by atoms with Crippen LogP contribution >= 0.6 is 0 Å². The Labute approximate surface area is 106 Å². The second-order valence-corrected chi connectivity index (χ2v) is 5.47. The predicted molar refractivity (Wildman–Crippen MR) is 71.6 cm³/mol. The second kappa shape index (κ2) is 7.00. The van der Waals surface area contributed by atoms with Gasteiger partial charge >= 0.3 is 0 Å². The Bertz CT molecular complexity index is 234. The maximum atomic E-state index is 12.2. The molecule has 0 aromatic heterocycles. The fourth-order valence-corrected chi connectivity index (χ4v) is 2.56. The van der Waals surface area contributed by atoms with E-state index in [1.165, 1.54) is 12.8 Å². The summed E-state index contributed by atoms with van der Waals surface area (Å²) in [6.07, 6.45) is 5.85. The van der Waals surface area contributed by atoms with E-state index in [4.69, 9.17) is 5.73 Å². The van der Waals surface area contributed by atoms with Crippen LogP contribution in [0.25, 0.3) is 0 Å². The highest BCUT2D eigenvalue weighted by atomic mass is 16.2. The zero-order chi connectivity index (χ0) is 12.8. The highest BCUT2D eigenvalue weighted by Gasteiger charge is 2.28. The standard InChI is InChI=1S/C14H28N2O/c1-4-6-12-7-9-16(10-8-12)14(17)13(15)11(3)5-2/h11-13H,4-10,15H2,1-3H3/t11-,13-/m0/s1. The summed E-state index contributed by atoms with van der Waals surface area (Å²) in [5.74, 6) is 1.27. The first-order valence-corrected chi connectivity index (χ1v) is 7.14. The fourth-order valence-electron chi connectivity index (χ4n) is 2.56. The van der Waals surface area contributed by atoms with Crippen LogP contribution in [-0.4, -0.2) is 29.9 Å². The van der Waals surface area contributed by atoms with E-state index in [2.05, 4.69) is 20.8 Å². The van der Waals surface area contributed by atoms with E-state index in [1.807, 2.05) is 4.90 Å². The van der Waals surface area contributed by atoms with Gasteiger partial charge in [-0.2, -0.15) is 0 Å². The molecule has 2 atom stereocenters. The molecule has 2 N–H and O–H groups in total. The first kappa shape index (κ1) is 14.5. The summed E-state index contributed by atoms with van der Waals surface area (Å²) in [6, 6.07) is -0.303. The summed E-state index contributed by atoms with van der Waals surface area (Å²) in [4.78, 5) is 14.1. The number of nitrogens with two attached hydrogens (primary N) is 1. The molecule has 0 radical (unpaired) electrons. The molecule has 1 fully saturated rings. The number of rotatable bonds is 5. The maximum absolute atomic E-state index is 12.2. The monoisotopic (exact) mass is 240 g/mol. The molecule has 0 aromatic carbocycles. The van der Waals surface area contributed by atoms with Gasteiger partial charge < -0.3 is 10.6 Å². The molecule has 1 heterocycles. The molecular weight excluding hydrogens is 212 g/mol. The lowest BCUT2D eigenvalue weighted by Crippen LogP contribution is -2.49. The Hall–Kier alpha value is -0.570. The van der Waals surface area contributed by atoms with Crippen LogP contribution in [-0.2, 0) is 4.79 Å². The van der Waals surface area contributed by atoms with Crippen molar-refractivity contribution in [2.75, 3.05) is 13.1 Å². The van der Waals surface area contributed by atoms with Crippen LogP contribution in [0.4, 0.5) is 0 Å². The van der Waals surface area contributed by atoms with Gasteiger partial charge in [-0.05, 0) is 24.7 Å². The summed E-state index contributed by atoms with van der Waals surface area (Å²) in [5, 5.41) is 0. The number of nitrogens with zero attached hydrogens (tertiary/aromatic N) is 1. The van der Waals surface area contributed by atoms with Crippen LogP contribution in [0.5, 0.6) is 0 Å². The zero-order valence-electron chi connectivity index (χ0n) is 11.6. The highest BCUT2D eigenvalue weighted by molar-refractivity contribution is 5.82. The quantitative estimate of drug-likeness (QED) is 0.802. The molecular formula is C14H28N2O. The Balaban J connectivity index is 2.40. The van der Waals surface area contributed by atoms with Crippen LogP contribution in [0.15, 0.2) is 0 Å².